The lowest BCUT2D eigenvalue weighted by molar-refractivity contribution is 1.20. The van der Waals surface area contributed by atoms with Crippen LogP contribution in [-0.2, 0) is 0 Å². The van der Waals surface area contributed by atoms with Crippen molar-refractivity contribution in [3.05, 3.63) is 206 Å². The fraction of sp³-hybridized carbons (Fsp3) is 0.0370. The van der Waals surface area contributed by atoms with Gasteiger partial charge in [0, 0.05) is 11.1 Å². The maximum absolute atomic E-state index is 5.38. The maximum atomic E-state index is 5.38. The SMILES string of the molecule is C[Si]1(C)c2ccccc2-c2nc(-c3cccc(-c4cccc(-c5cccc(-c6cc(-c7ccccc7)cc(-c7ccccc7)c6)c5)c4)c3)nc(-c3ccccc3)c21. The average molecular weight is 745 g/mol. The molecule has 0 amide bonds. The summed E-state index contributed by atoms with van der Waals surface area (Å²) >= 11 is 0. The maximum Gasteiger partial charge on any atom is 0.160 e. The van der Waals surface area contributed by atoms with E-state index in [2.05, 4.69) is 219 Å². The molecule has 0 aliphatic carbocycles. The first kappa shape index (κ1) is 34.5. The number of hydrogen-bond donors (Lipinski definition) is 0. The fourth-order valence-electron chi connectivity index (χ4n) is 8.53. The first-order valence-electron chi connectivity index (χ1n) is 19.6. The molecule has 0 saturated carbocycles. The van der Waals surface area contributed by atoms with Gasteiger partial charge >= 0.3 is 0 Å². The molecule has 0 spiro atoms. The van der Waals surface area contributed by atoms with Gasteiger partial charge in [0.1, 0.15) is 8.07 Å². The molecule has 9 aromatic rings. The van der Waals surface area contributed by atoms with Crippen molar-refractivity contribution in [2.24, 2.45) is 0 Å². The lowest BCUT2D eigenvalue weighted by Gasteiger charge is -2.21. The fourth-order valence-corrected chi connectivity index (χ4v) is 11.8. The summed E-state index contributed by atoms with van der Waals surface area (Å²) in [6.45, 7) is 4.86. The second-order valence-corrected chi connectivity index (χ2v) is 19.7. The van der Waals surface area contributed by atoms with Crippen molar-refractivity contribution in [3.8, 4) is 89.5 Å². The van der Waals surface area contributed by atoms with E-state index < -0.39 is 8.07 Å². The second-order valence-electron chi connectivity index (χ2n) is 15.4. The van der Waals surface area contributed by atoms with Gasteiger partial charge in [0.15, 0.2) is 5.82 Å². The van der Waals surface area contributed by atoms with Crippen molar-refractivity contribution in [1.82, 2.24) is 9.97 Å². The Labute approximate surface area is 335 Å². The minimum Gasteiger partial charge on any atom is -0.228 e. The van der Waals surface area contributed by atoms with Crippen molar-refractivity contribution in [2.75, 3.05) is 0 Å². The van der Waals surface area contributed by atoms with Crippen LogP contribution in [0.5, 0.6) is 0 Å². The van der Waals surface area contributed by atoms with E-state index >= 15 is 0 Å². The number of benzene rings is 8. The zero-order valence-electron chi connectivity index (χ0n) is 32.0. The first-order chi connectivity index (χ1) is 28.0. The minimum atomic E-state index is -2.02. The van der Waals surface area contributed by atoms with Crippen LogP contribution in [0.2, 0.25) is 13.1 Å². The lowest BCUT2D eigenvalue weighted by Crippen LogP contribution is -2.50. The topological polar surface area (TPSA) is 25.8 Å². The summed E-state index contributed by atoms with van der Waals surface area (Å²) in [7, 11) is -2.02. The number of hydrogen-bond acceptors (Lipinski definition) is 2. The Morgan fingerprint density at radius 1 is 0.298 bits per heavy atom. The monoisotopic (exact) mass is 744 g/mol. The Bertz CT molecular complexity index is 2860. The predicted octanol–water partition coefficient (Wildman–Crippen LogP) is 12.9. The molecule has 0 atom stereocenters. The van der Waals surface area contributed by atoms with E-state index in [4.69, 9.17) is 9.97 Å². The molecule has 3 heteroatoms. The van der Waals surface area contributed by atoms with Gasteiger partial charge in [0.25, 0.3) is 0 Å². The van der Waals surface area contributed by atoms with Gasteiger partial charge in [-0.3, -0.25) is 0 Å². The van der Waals surface area contributed by atoms with Crippen LogP contribution < -0.4 is 10.4 Å². The molecule has 0 saturated heterocycles. The smallest absolute Gasteiger partial charge is 0.160 e. The summed E-state index contributed by atoms with van der Waals surface area (Å²) in [5.41, 5.74) is 17.4. The molecule has 0 bridgehead atoms. The molecule has 1 aliphatic heterocycles. The quantitative estimate of drug-likeness (QED) is 0.152. The highest BCUT2D eigenvalue weighted by Gasteiger charge is 2.41. The van der Waals surface area contributed by atoms with E-state index in [9.17, 15) is 0 Å². The van der Waals surface area contributed by atoms with Gasteiger partial charge in [-0.05, 0) is 108 Å². The molecule has 0 radical (unpaired) electrons. The third-order valence-corrected chi connectivity index (χ3v) is 14.9. The van der Waals surface area contributed by atoms with E-state index in [1.54, 1.807) is 0 Å². The van der Waals surface area contributed by atoms with Crippen molar-refractivity contribution >= 4 is 18.4 Å². The van der Waals surface area contributed by atoms with E-state index in [1.165, 1.54) is 60.4 Å². The highest BCUT2D eigenvalue weighted by Crippen LogP contribution is 2.37. The molecule has 0 unspecified atom stereocenters. The molecule has 10 rings (SSSR count). The minimum absolute atomic E-state index is 0.757. The zero-order valence-corrected chi connectivity index (χ0v) is 33.0. The number of rotatable bonds is 7. The number of nitrogens with zero attached hydrogens (tertiary/aromatic N) is 2. The standard InChI is InChI=1S/C54H40N2Si/c1-57(2)50-30-13-12-29-49(50)52-53(57)51(39-21-10-5-11-22-39)55-54(56-52)45-28-16-26-43(33-45)41-24-14-23-40(31-41)42-25-15-27-44(32-42)48-35-46(37-17-6-3-7-18-37)34-47(36-48)38-19-8-4-9-20-38/h3-36H,1-2H3. The molecule has 2 nitrogen and oxygen atoms in total. The van der Waals surface area contributed by atoms with Gasteiger partial charge in [-0.25, -0.2) is 9.97 Å². The van der Waals surface area contributed by atoms with Crippen LogP contribution in [0, 0.1) is 0 Å². The van der Waals surface area contributed by atoms with Crippen LogP contribution in [0.1, 0.15) is 0 Å². The van der Waals surface area contributed by atoms with E-state index in [0.29, 0.717) is 0 Å². The largest absolute Gasteiger partial charge is 0.228 e. The first-order valence-corrected chi connectivity index (χ1v) is 22.6. The van der Waals surface area contributed by atoms with Crippen LogP contribution in [0.25, 0.3) is 89.5 Å². The van der Waals surface area contributed by atoms with Gasteiger partial charge in [-0.1, -0.05) is 183 Å². The highest BCUT2D eigenvalue weighted by atomic mass is 28.3. The Morgan fingerprint density at radius 3 is 1.18 bits per heavy atom. The number of aromatic nitrogens is 2. The summed E-state index contributed by atoms with van der Waals surface area (Å²) in [4.78, 5) is 10.7. The molecule has 0 fully saturated rings. The van der Waals surface area contributed by atoms with Crippen LogP contribution in [-0.4, -0.2) is 18.0 Å². The molecule has 270 valence electrons. The van der Waals surface area contributed by atoms with Crippen LogP contribution >= 0.6 is 0 Å². The van der Waals surface area contributed by atoms with Crippen molar-refractivity contribution in [3.63, 3.8) is 0 Å². The molecule has 1 aromatic heterocycles. The summed E-state index contributed by atoms with van der Waals surface area (Å²) in [5.74, 6) is 0.757. The average Bonchev–Trinajstić information content (AvgIpc) is 3.52. The summed E-state index contributed by atoms with van der Waals surface area (Å²) < 4.78 is 0. The second kappa shape index (κ2) is 14.3. The Balaban J connectivity index is 1.03. The van der Waals surface area contributed by atoms with Gasteiger partial charge in [-0.15, -0.1) is 0 Å². The normalized spacial score (nSPS) is 12.5. The van der Waals surface area contributed by atoms with Crippen molar-refractivity contribution in [1.29, 1.82) is 0 Å². The van der Waals surface area contributed by atoms with Gasteiger partial charge < -0.3 is 0 Å². The predicted molar refractivity (Wildman–Crippen MR) is 242 cm³/mol. The van der Waals surface area contributed by atoms with Crippen LogP contribution in [0.15, 0.2) is 206 Å². The van der Waals surface area contributed by atoms with Gasteiger partial charge in [0.2, 0.25) is 0 Å². The Morgan fingerprint density at radius 2 is 0.649 bits per heavy atom. The van der Waals surface area contributed by atoms with E-state index in [0.717, 1.165) is 39.5 Å². The van der Waals surface area contributed by atoms with Gasteiger partial charge in [-0.2, -0.15) is 0 Å². The van der Waals surface area contributed by atoms with E-state index in [1.807, 2.05) is 0 Å². The molecule has 57 heavy (non-hydrogen) atoms. The van der Waals surface area contributed by atoms with Crippen LogP contribution in [0.3, 0.4) is 0 Å². The van der Waals surface area contributed by atoms with Crippen molar-refractivity contribution in [2.45, 2.75) is 13.1 Å². The molecule has 8 aromatic carbocycles. The van der Waals surface area contributed by atoms with Crippen LogP contribution in [0.4, 0.5) is 0 Å². The lowest BCUT2D eigenvalue weighted by atomic mass is 9.91. The van der Waals surface area contributed by atoms with Crippen molar-refractivity contribution < 1.29 is 0 Å². The molecule has 0 N–H and O–H groups in total. The Kier molecular flexibility index (Phi) is 8.66. The highest BCUT2D eigenvalue weighted by molar-refractivity contribution is 7.04. The molecular formula is C54H40N2Si. The summed E-state index contributed by atoms with van der Waals surface area (Å²) in [5, 5.41) is 2.76. The zero-order chi connectivity index (χ0) is 38.3. The summed E-state index contributed by atoms with van der Waals surface area (Å²) in [6, 6.07) is 74.2. The molecule has 2 heterocycles. The third kappa shape index (κ3) is 6.42. The molecule has 1 aliphatic rings. The summed E-state index contributed by atoms with van der Waals surface area (Å²) in [6.07, 6.45) is 0. The number of fused-ring (bicyclic) bond motifs is 3. The third-order valence-electron chi connectivity index (χ3n) is 11.4. The molecular weight excluding hydrogens is 705 g/mol. The Hall–Kier alpha value is -6.94. The van der Waals surface area contributed by atoms with E-state index in [-0.39, 0.29) is 0 Å². The van der Waals surface area contributed by atoms with Gasteiger partial charge in [0.05, 0.1) is 11.4 Å².